The number of nitrogens with zero attached hydrogens (tertiary/aromatic N) is 3. The van der Waals surface area contributed by atoms with Crippen molar-refractivity contribution >= 4 is 34.5 Å². The predicted octanol–water partition coefficient (Wildman–Crippen LogP) is 3.13. The maximum Gasteiger partial charge on any atom is 0.254 e. The molecule has 0 radical (unpaired) electrons. The van der Waals surface area contributed by atoms with E-state index in [1.165, 1.54) is 18.5 Å². The third-order valence-corrected chi connectivity index (χ3v) is 6.32. The van der Waals surface area contributed by atoms with Gasteiger partial charge in [0.15, 0.2) is 0 Å². The average molecular weight is 413 g/mol. The Bertz CT molecular complexity index is 816. The van der Waals surface area contributed by atoms with Gasteiger partial charge in [-0.25, -0.2) is 0 Å². The predicted molar refractivity (Wildman–Crippen MR) is 118 cm³/mol. The van der Waals surface area contributed by atoms with Gasteiger partial charge in [0.1, 0.15) is 0 Å². The minimum atomic E-state index is -0.00321. The Hall–Kier alpha value is -2.38. The summed E-state index contributed by atoms with van der Waals surface area (Å²) in [6, 6.07) is 10.0. The number of rotatable bonds is 5. The molecule has 0 spiro atoms. The van der Waals surface area contributed by atoms with Gasteiger partial charge in [0.05, 0.1) is 12.1 Å². The van der Waals surface area contributed by atoms with E-state index in [0.717, 1.165) is 50.4 Å². The number of amides is 2. The molecule has 2 amide bonds. The Labute approximate surface area is 176 Å². The molecule has 0 atom stereocenters. The van der Waals surface area contributed by atoms with E-state index in [9.17, 15) is 9.59 Å². The molecule has 2 fully saturated rings. The fraction of sp³-hybridized carbons (Fsp3) is 0.455. The van der Waals surface area contributed by atoms with Crippen LogP contribution in [0.3, 0.4) is 0 Å². The molecule has 2 aliphatic rings. The molecule has 0 bridgehead atoms. The summed E-state index contributed by atoms with van der Waals surface area (Å²) in [6.07, 6.45) is 3.39. The summed E-state index contributed by atoms with van der Waals surface area (Å²) in [5, 5.41) is 6.83. The lowest BCUT2D eigenvalue weighted by atomic mass is 10.2. The number of benzene rings is 1. The van der Waals surface area contributed by atoms with Crippen molar-refractivity contribution in [2.24, 2.45) is 0 Å². The maximum absolute atomic E-state index is 12.5. The van der Waals surface area contributed by atoms with Gasteiger partial charge in [-0.05, 0) is 55.0 Å². The zero-order chi connectivity index (χ0) is 20.1. The highest BCUT2D eigenvalue weighted by Crippen LogP contribution is 2.22. The van der Waals surface area contributed by atoms with Crippen molar-refractivity contribution in [3.63, 3.8) is 0 Å². The van der Waals surface area contributed by atoms with Crippen molar-refractivity contribution in [1.82, 2.24) is 9.80 Å². The topological polar surface area (TPSA) is 55.9 Å². The summed E-state index contributed by atoms with van der Waals surface area (Å²) < 4.78 is 0. The van der Waals surface area contributed by atoms with Crippen molar-refractivity contribution in [2.45, 2.75) is 19.3 Å². The zero-order valence-electron chi connectivity index (χ0n) is 16.7. The van der Waals surface area contributed by atoms with Crippen molar-refractivity contribution in [1.29, 1.82) is 0 Å². The molecular formula is C22H28N4O2S. The smallest absolute Gasteiger partial charge is 0.254 e. The van der Waals surface area contributed by atoms with Gasteiger partial charge in [-0.3, -0.25) is 14.5 Å². The number of anilines is 2. The number of carbonyl (C=O) groups is 2. The van der Waals surface area contributed by atoms with Gasteiger partial charge < -0.3 is 15.1 Å². The molecule has 2 saturated heterocycles. The molecule has 29 heavy (non-hydrogen) atoms. The molecule has 4 rings (SSSR count). The number of hydrogen-bond acceptors (Lipinski definition) is 5. The lowest BCUT2D eigenvalue weighted by Crippen LogP contribution is -2.37. The third kappa shape index (κ3) is 5.16. The van der Waals surface area contributed by atoms with Gasteiger partial charge in [0.25, 0.3) is 5.91 Å². The largest absolute Gasteiger partial charge is 0.372 e. The molecular weight excluding hydrogens is 384 g/mol. The van der Waals surface area contributed by atoms with Crippen LogP contribution >= 0.6 is 11.3 Å². The van der Waals surface area contributed by atoms with Gasteiger partial charge in [-0.15, -0.1) is 0 Å². The van der Waals surface area contributed by atoms with Crippen LogP contribution in [0.25, 0.3) is 0 Å². The van der Waals surface area contributed by atoms with Crippen LogP contribution in [0.5, 0.6) is 0 Å². The van der Waals surface area contributed by atoms with E-state index in [2.05, 4.69) is 27.2 Å². The molecule has 0 saturated carbocycles. The van der Waals surface area contributed by atoms with Gasteiger partial charge in [0, 0.05) is 56.0 Å². The summed E-state index contributed by atoms with van der Waals surface area (Å²) in [5.41, 5.74) is 2.82. The van der Waals surface area contributed by atoms with Crippen LogP contribution in [-0.4, -0.2) is 67.4 Å². The Morgan fingerprint density at radius 1 is 0.897 bits per heavy atom. The second-order valence-corrected chi connectivity index (χ2v) is 8.50. The molecule has 1 N–H and O–H groups in total. The molecule has 6 nitrogen and oxygen atoms in total. The molecule has 2 aromatic rings. The highest BCUT2D eigenvalue weighted by molar-refractivity contribution is 7.08. The van der Waals surface area contributed by atoms with Crippen LogP contribution in [0.15, 0.2) is 41.1 Å². The van der Waals surface area contributed by atoms with Gasteiger partial charge in [-0.1, -0.05) is 0 Å². The van der Waals surface area contributed by atoms with Crippen molar-refractivity contribution in [2.75, 3.05) is 56.0 Å². The van der Waals surface area contributed by atoms with E-state index in [1.54, 1.807) is 11.3 Å². The van der Waals surface area contributed by atoms with E-state index >= 15 is 0 Å². The minimum Gasteiger partial charge on any atom is -0.372 e. The quantitative estimate of drug-likeness (QED) is 0.820. The minimum absolute atomic E-state index is 0.00321. The maximum atomic E-state index is 12.5. The van der Waals surface area contributed by atoms with Gasteiger partial charge >= 0.3 is 0 Å². The standard InChI is InChI=1S/C22H28N4O2S/c27-21(23-19-4-6-20(7-5-19)25-10-1-2-11-25)16-24-9-3-12-26(14-13-24)22(28)18-8-15-29-17-18/h4-8,15,17H,1-3,9-14,16H2,(H,23,27). The molecule has 2 aliphatic heterocycles. The second kappa shape index (κ2) is 9.41. The average Bonchev–Trinajstić information content (AvgIpc) is 3.40. The lowest BCUT2D eigenvalue weighted by Gasteiger charge is -2.21. The Kier molecular flexibility index (Phi) is 6.46. The zero-order valence-corrected chi connectivity index (χ0v) is 17.5. The molecule has 1 aromatic carbocycles. The lowest BCUT2D eigenvalue weighted by molar-refractivity contribution is -0.117. The summed E-state index contributed by atoms with van der Waals surface area (Å²) in [5.74, 6) is 0.0900. The highest BCUT2D eigenvalue weighted by Gasteiger charge is 2.21. The van der Waals surface area contributed by atoms with Gasteiger partial charge in [0.2, 0.25) is 5.91 Å². The molecule has 0 unspecified atom stereocenters. The Balaban J connectivity index is 1.26. The molecule has 1 aromatic heterocycles. The van der Waals surface area contributed by atoms with E-state index in [1.807, 2.05) is 33.9 Å². The van der Waals surface area contributed by atoms with E-state index < -0.39 is 0 Å². The van der Waals surface area contributed by atoms with Crippen LogP contribution in [-0.2, 0) is 4.79 Å². The third-order valence-electron chi connectivity index (χ3n) is 5.63. The van der Waals surface area contributed by atoms with Crippen LogP contribution in [0.1, 0.15) is 29.6 Å². The number of carbonyl (C=O) groups excluding carboxylic acids is 2. The van der Waals surface area contributed by atoms with Crippen molar-refractivity contribution < 1.29 is 9.59 Å². The first-order valence-electron chi connectivity index (χ1n) is 10.4. The van der Waals surface area contributed by atoms with E-state index in [0.29, 0.717) is 13.1 Å². The SMILES string of the molecule is O=C(CN1CCCN(C(=O)c2ccsc2)CC1)Nc1ccc(N2CCCC2)cc1. The molecule has 154 valence electrons. The van der Waals surface area contributed by atoms with Crippen molar-refractivity contribution in [3.05, 3.63) is 46.7 Å². The Morgan fingerprint density at radius 2 is 1.69 bits per heavy atom. The fourth-order valence-electron chi connectivity index (χ4n) is 4.04. The highest BCUT2D eigenvalue weighted by atomic mass is 32.1. The van der Waals surface area contributed by atoms with E-state index in [-0.39, 0.29) is 11.8 Å². The van der Waals surface area contributed by atoms with Gasteiger partial charge in [-0.2, -0.15) is 11.3 Å². The first-order chi connectivity index (χ1) is 14.2. The Morgan fingerprint density at radius 3 is 2.41 bits per heavy atom. The first kappa shape index (κ1) is 19.9. The summed E-state index contributed by atoms with van der Waals surface area (Å²) >= 11 is 1.54. The second-order valence-electron chi connectivity index (χ2n) is 7.72. The van der Waals surface area contributed by atoms with Crippen LogP contribution in [0.2, 0.25) is 0 Å². The van der Waals surface area contributed by atoms with Crippen LogP contribution in [0.4, 0.5) is 11.4 Å². The monoisotopic (exact) mass is 412 g/mol. The number of hydrogen-bond donors (Lipinski definition) is 1. The summed E-state index contributed by atoms with van der Waals surface area (Å²) in [4.78, 5) is 31.4. The molecule has 3 heterocycles. The van der Waals surface area contributed by atoms with E-state index in [4.69, 9.17) is 0 Å². The molecule has 0 aliphatic carbocycles. The normalized spacial score (nSPS) is 17.9. The summed E-state index contributed by atoms with van der Waals surface area (Å²) in [7, 11) is 0. The fourth-order valence-corrected chi connectivity index (χ4v) is 4.67. The van der Waals surface area contributed by atoms with Crippen molar-refractivity contribution in [3.8, 4) is 0 Å². The van der Waals surface area contributed by atoms with Crippen LogP contribution in [0, 0.1) is 0 Å². The number of thiophene rings is 1. The summed E-state index contributed by atoms with van der Waals surface area (Å²) in [6.45, 7) is 5.54. The molecule has 7 heteroatoms. The van der Waals surface area contributed by atoms with Crippen LogP contribution < -0.4 is 10.2 Å². The first-order valence-corrected chi connectivity index (χ1v) is 11.3. The number of nitrogens with one attached hydrogen (secondary N) is 1.